The fraction of sp³-hybridized carbons (Fsp3) is 0.583. The standard InChI is InChI=1S/C12H17ClN2O2S/c1-18(16,17)11-7-4-8-14-12(11)15-10-6-3-2-5-9(10)13/h4,7-10H,2-3,5-6H2,1H3,(H,14,15). The van der Waals surface area contributed by atoms with E-state index in [4.69, 9.17) is 11.6 Å². The van der Waals surface area contributed by atoms with E-state index in [0.29, 0.717) is 5.82 Å². The van der Waals surface area contributed by atoms with Crippen molar-refractivity contribution in [3.63, 3.8) is 0 Å². The molecule has 0 saturated heterocycles. The largest absolute Gasteiger partial charge is 0.365 e. The number of rotatable bonds is 3. The Kier molecular flexibility index (Phi) is 4.12. The van der Waals surface area contributed by atoms with E-state index in [1.807, 2.05) is 0 Å². The van der Waals surface area contributed by atoms with Gasteiger partial charge in [-0.3, -0.25) is 0 Å². The van der Waals surface area contributed by atoms with E-state index in [1.165, 1.54) is 6.26 Å². The number of alkyl halides is 1. The lowest BCUT2D eigenvalue weighted by Crippen LogP contribution is -2.33. The van der Waals surface area contributed by atoms with Crippen LogP contribution in [0.1, 0.15) is 25.7 Å². The molecule has 0 amide bonds. The Labute approximate surface area is 113 Å². The average molecular weight is 289 g/mol. The number of hydrogen-bond donors (Lipinski definition) is 1. The van der Waals surface area contributed by atoms with Crippen LogP contribution in [0.3, 0.4) is 0 Å². The van der Waals surface area contributed by atoms with Gasteiger partial charge < -0.3 is 5.32 Å². The fourth-order valence-electron chi connectivity index (χ4n) is 2.22. The van der Waals surface area contributed by atoms with E-state index in [9.17, 15) is 8.42 Å². The number of halogens is 1. The number of pyridine rings is 1. The van der Waals surface area contributed by atoms with Crippen molar-refractivity contribution < 1.29 is 8.42 Å². The number of sulfone groups is 1. The third kappa shape index (κ3) is 3.14. The molecule has 1 N–H and O–H groups in total. The van der Waals surface area contributed by atoms with Crippen LogP contribution in [-0.4, -0.2) is 31.1 Å². The predicted octanol–water partition coefficient (Wildman–Crippen LogP) is 2.45. The predicted molar refractivity (Wildman–Crippen MR) is 72.9 cm³/mol. The van der Waals surface area contributed by atoms with Crippen molar-refractivity contribution in [2.24, 2.45) is 0 Å². The number of hydrogen-bond acceptors (Lipinski definition) is 4. The third-order valence-electron chi connectivity index (χ3n) is 3.17. The monoisotopic (exact) mass is 288 g/mol. The maximum atomic E-state index is 11.7. The highest BCUT2D eigenvalue weighted by molar-refractivity contribution is 7.90. The van der Waals surface area contributed by atoms with Crippen LogP contribution < -0.4 is 5.32 Å². The van der Waals surface area contributed by atoms with Crippen molar-refractivity contribution in [1.82, 2.24) is 4.98 Å². The maximum absolute atomic E-state index is 11.7. The second-order valence-electron chi connectivity index (χ2n) is 4.67. The summed E-state index contributed by atoms with van der Waals surface area (Å²) in [5, 5.41) is 3.22. The van der Waals surface area contributed by atoms with Crippen LogP contribution in [0, 0.1) is 0 Å². The first-order valence-corrected chi connectivity index (χ1v) is 8.37. The molecule has 0 spiro atoms. The van der Waals surface area contributed by atoms with Gasteiger partial charge in [0.25, 0.3) is 0 Å². The topological polar surface area (TPSA) is 59.1 Å². The molecule has 4 nitrogen and oxygen atoms in total. The smallest absolute Gasteiger partial charge is 0.179 e. The Morgan fingerprint density at radius 3 is 2.78 bits per heavy atom. The van der Waals surface area contributed by atoms with Crippen molar-refractivity contribution in [3.8, 4) is 0 Å². The van der Waals surface area contributed by atoms with Gasteiger partial charge in [-0.15, -0.1) is 11.6 Å². The summed E-state index contributed by atoms with van der Waals surface area (Å²) in [6.45, 7) is 0. The molecule has 1 aliphatic carbocycles. The number of anilines is 1. The normalized spacial score (nSPS) is 24.8. The van der Waals surface area contributed by atoms with Gasteiger partial charge in [-0.2, -0.15) is 0 Å². The quantitative estimate of drug-likeness (QED) is 0.868. The number of nitrogens with zero attached hydrogens (tertiary/aromatic N) is 1. The van der Waals surface area contributed by atoms with Gasteiger partial charge in [-0.25, -0.2) is 13.4 Å². The molecule has 1 aromatic rings. The van der Waals surface area contributed by atoms with Crippen molar-refractivity contribution in [3.05, 3.63) is 18.3 Å². The van der Waals surface area contributed by atoms with Gasteiger partial charge in [0.15, 0.2) is 9.84 Å². The fourth-order valence-corrected chi connectivity index (χ4v) is 3.35. The van der Waals surface area contributed by atoms with E-state index < -0.39 is 9.84 Å². The van der Waals surface area contributed by atoms with Crippen LogP contribution in [-0.2, 0) is 9.84 Å². The lowest BCUT2D eigenvalue weighted by atomic mass is 9.95. The molecule has 2 atom stereocenters. The van der Waals surface area contributed by atoms with Gasteiger partial charge in [0.05, 0.1) is 5.38 Å². The zero-order valence-electron chi connectivity index (χ0n) is 10.3. The molecule has 0 aliphatic heterocycles. The van der Waals surface area contributed by atoms with Crippen LogP contribution in [0.5, 0.6) is 0 Å². The Balaban J connectivity index is 2.24. The summed E-state index contributed by atoms with van der Waals surface area (Å²) in [5.41, 5.74) is 0. The molecule has 2 rings (SSSR count). The van der Waals surface area contributed by atoms with Gasteiger partial charge in [0.1, 0.15) is 10.7 Å². The second kappa shape index (κ2) is 5.45. The Hall–Kier alpha value is -0.810. The molecule has 1 fully saturated rings. The molecule has 100 valence electrons. The molecule has 2 unspecified atom stereocenters. The molecule has 1 aliphatic rings. The van der Waals surface area contributed by atoms with Crippen LogP contribution in [0.15, 0.2) is 23.2 Å². The number of aromatic nitrogens is 1. The molecule has 1 heterocycles. The highest BCUT2D eigenvalue weighted by Gasteiger charge is 2.25. The van der Waals surface area contributed by atoms with E-state index in [1.54, 1.807) is 18.3 Å². The molecular weight excluding hydrogens is 272 g/mol. The van der Waals surface area contributed by atoms with E-state index >= 15 is 0 Å². The first kappa shape index (κ1) is 13.6. The summed E-state index contributed by atoms with van der Waals surface area (Å²) in [7, 11) is -3.27. The van der Waals surface area contributed by atoms with Gasteiger partial charge >= 0.3 is 0 Å². The Bertz CT molecular complexity index is 519. The summed E-state index contributed by atoms with van der Waals surface area (Å²) in [5.74, 6) is 0.414. The molecule has 18 heavy (non-hydrogen) atoms. The lowest BCUT2D eigenvalue weighted by molar-refractivity contribution is 0.468. The van der Waals surface area contributed by atoms with Gasteiger partial charge in [0, 0.05) is 18.5 Å². The molecule has 0 aromatic carbocycles. The summed E-state index contributed by atoms with van der Waals surface area (Å²) < 4.78 is 23.3. The van der Waals surface area contributed by atoms with Crippen molar-refractivity contribution in [2.75, 3.05) is 11.6 Å². The highest BCUT2D eigenvalue weighted by atomic mass is 35.5. The van der Waals surface area contributed by atoms with Crippen LogP contribution in [0.25, 0.3) is 0 Å². The summed E-state index contributed by atoms with van der Waals surface area (Å²) in [6, 6.07) is 3.29. The maximum Gasteiger partial charge on any atom is 0.179 e. The molecule has 1 saturated carbocycles. The third-order valence-corrected chi connectivity index (χ3v) is 4.82. The molecule has 6 heteroatoms. The van der Waals surface area contributed by atoms with Crippen LogP contribution in [0.2, 0.25) is 0 Å². The van der Waals surface area contributed by atoms with Crippen LogP contribution in [0.4, 0.5) is 5.82 Å². The summed E-state index contributed by atoms with van der Waals surface area (Å²) in [6.07, 6.45) is 6.93. The number of nitrogens with one attached hydrogen (secondary N) is 1. The van der Waals surface area contributed by atoms with Gasteiger partial charge in [-0.1, -0.05) is 12.8 Å². The first-order valence-electron chi connectivity index (χ1n) is 6.04. The zero-order chi connectivity index (χ0) is 13.2. The Morgan fingerprint density at radius 1 is 1.39 bits per heavy atom. The van der Waals surface area contributed by atoms with Crippen molar-refractivity contribution in [1.29, 1.82) is 0 Å². The minimum Gasteiger partial charge on any atom is -0.365 e. The minimum atomic E-state index is -3.27. The Morgan fingerprint density at radius 2 is 2.11 bits per heavy atom. The molecular formula is C12H17ClN2O2S. The zero-order valence-corrected chi connectivity index (χ0v) is 11.8. The van der Waals surface area contributed by atoms with Gasteiger partial charge in [-0.05, 0) is 25.0 Å². The van der Waals surface area contributed by atoms with Gasteiger partial charge in [0.2, 0.25) is 0 Å². The first-order chi connectivity index (χ1) is 8.48. The summed E-state index contributed by atoms with van der Waals surface area (Å²) >= 11 is 6.26. The minimum absolute atomic E-state index is 0.0353. The molecule has 0 bridgehead atoms. The van der Waals surface area contributed by atoms with Crippen molar-refractivity contribution in [2.45, 2.75) is 42.0 Å². The molecule has 1 aromatic heterocycles. The van der Waals surface area contributed by atoms with E-state index in [0.717, 1.165) is 25.7 Å². The SMILES string of the molecule is CS(=O)(=O)c1cccnc1NC1CCCCC1Cl. The lowest BCUT2D eigenvalue weighted by Gasteiger charge is -2.28. The average Bonchev–Trinajstić information content (AvgIpc) is 2.31. The van der Waals surface area contributed by atoms with Crippen LogP contribution >= 0.6 is 11.6 Å². The summed E-state index contributed by atoms with van der Waals surface area (Å²) in [4.78, 5) is 4.36. The van der Waals surface area contributed by atoms with E-state index in [2.05, 4.69) is 10.3 Å². The second-order valence-corrected chi connectivity index (χ2v) is 7.22. The van der Waals surface area contributed by atoms with E-state index in [-0.39, 0.29) is 16.3 Å². The molecule has 0 radical (unpaired) electrons. The highest BCUT2D eigenvalue weighted by Crippen LogP contribution is 2.27. The van der Waals surface area contributed by atoms with Crippen molar-refractivity contribution >= 4 is 27.3 Å².